The fraction of sp³-hybridized carbons (Fsp3) is 0.0652. The normalized spacial score (nSPS) is 13.3. The lowest BCUT2D eigenvalue weighted by atomic mass is 9.82. The summed E-state index contributed by atoms with van der Waals surface area (Å²) in [6.45, 7) is 4.60. The van der Waals surface area contributed by atoms with E-state index in [4.69, 9.17) is 19.7 Å². The van der Waals surface area contributed by atoms with Crippen molar-refractivity contribution < 1.29 is 4.74 Å². The first-order valence-corrected chi connectivity index (χ1v) is 17.0. The lowest BCUT2D eigenvalue weighted by molar-refractivity contribution is 0.487. The summed E-state index contributed by atoms with van der Waals surface area (Å²) in [5.41, 5.74) is 12.4. The Morgan fingerprint density at radius 3 is 1.84 bits per heavy atom. The smallest absolute Gasteiger partial charge is 0.164 e. The Morgan fingerprint density at radius 1 is 0.420 bits per heavy atom. The number of hydrogen-bond acceptors (Lipinski definition) is 4. The van der Waals surface area contributed by atoms with Crippen molar-refractivity contribution in [2.75, 3.05) is 0 Å². The Morgan fingerprint density at radius 2 is 1.02 bits per heavy atom. The van der Waals surface area contributed by atoms with Crippen LogP contribution in [0.5, 0.6) is 11.5 Å². The zero-order valence-electron chi connectivity index (χ0n) is 27.7. The van der Waals surface area contributed by atoms with Gasteiger partial charge in [0.25, 0.3) is 0 Å². The predicted octanol–water partition coefficient (Wildman–Crippen LogP) is 11.8. The second-order valence-corrected chi connectivity index (χ2v) is 13.6. The van der Waals surface area contributed by atoms with Gasteiger partial charge in [0.1, 0.15) is 11.5 Å². The first kappa shape index (κ1) is 28.6. The molecular formula is C46H31N3O. The molecule has 0 spiro atoms. The van der Waals surface area contributed by atoms with Crippen molar-refractivity contribution in [3.63, 3.8) is 0 Å². The minimum atomic E-state index is -0.116. The van der Waals surface area contributed by atoms with E-state index >= 15 is 0 Å². The van der Waals surface area contributed by atoms with Crippen LogP contribution in [0.4, 0.5) is 0 Å². The van der Waals surface area contributed by atoms with Crippen molar-refractivity contribution in [2.45, 2.75) is 19.3 Å². The Labute approximate surface area is 290 Å². The molecule has 2 heterocycles. The summed E-state index contributed by atoms with van der Waals surface area (Å²) in [6.07, 6.45) is 0. The third-order valence-corrected chi connectivity index (χ3v) is 10.3. The molecule has 0 unspecified atom stereocenters. The standard InChI is InChI=1S/C46H31N3O/c1-46(2)37-18-7-6-15-34(37)42-35(17-10-19-38(42)46)45-48-43(30-11-4-3-5-12-30)47-44(49-45)31-23-21-28(22-24-31)32-25-26-39-36(27-32)33-16-8-13-29-14-9-20-40(50-39)41(29)33/h3-27H,1-2H3. The molecule has 0 amide bonds. The van der Waals surface area contributed by atoms with Crippen LogP contribution in [-0.4, -0.2) is 15.0 Å². The van der Waals surface area contributed by atoms with E-state index in [1.807, 2.05) is 30.3 Å². The molecule has 236 valence electrons. The van der Waals surface area contributed by atoms with E-state index in [1.165, 1.54) is 33.2 Å². The molecule has 7 aromatic carbocycles. The van der Waals surface area contributed by atoms with Crippen LogP contribution in [0.25, 0.3) is 78.3 Å². The molecule has 4 heteroatoms. The second kappa shape index (κ2) is 10.8. The lowest BCUT2D eigenvalue weighted by Gasteiger charge is -2.22. The molecule has 1 aliphatic carbocycles. The Balaban J connectivity index is 1.08. The summed E-state index contributed by atoms with van der Waals surface area (Å²) in [6, 6.07) is 53.0. The molecule has 0 atom stereocenters. The van der Waals surface area contributed by atoms with E-state index in [-0.39, 0.29) is 5.41 Å². The molecule has 0 saturated carbocycles. The van der Waals surface area contributed by atoms with Crippen LogP contribution in [0.1, 0.15) is 25.0 Å². The van der Waals surface area contributed by atoms with Gasteiger partial charge in [-0.3, -0.25) is 0 Å². The molecule has 0 saturated heterocycles. The molecule has 0 N–H and O–H groups in total. The highest BCUT2D eigenvalue weighted by Gasteiger charge is 2.37. The zero-order valence-corrected chi connectivity index (χ0v) is 27.7. The molecular weight excluding hydrogens is 611 g/mol. The van der Waals surface area contributed by atoms with Crippen molar-refractivity contribution >= 4 is 10.8 Å². The van der Waals surface area contributed by atoms with Gasteiger partial charge in [0, 0.05) is 33.1 Å². The van der Waals surface area contributed by atoms with Gasteiger partial charge >= 0.3 is 0 Å². The van der Waals surface area contributed by atoms with E-state index in [1.54, 1.807) is 0 Å². The van der Waals surface area contributed by atoms with Crippen LogP contribution in [0.2, 0.25) is 0 Å². The average Bonchev–Trinajstić information content (AvgIpc) is 3.41. The van der Waals surface area contributed by atoms with E-state index in [0.717, 1.165) is 50.3 Å². The molecule has 1 aromatic heterocycles. The van der Waals surface area contributed by atoms with Crippen LogP contribution >= 0.6 is 0 Å². The number of fused-ring (bicyclic) bond motifs is 5. The van der Waals surface area contributed by atoms with E-state index in [2.05, 4.69) is 135 Å². The molecule has 0 radical (unpaired) electrons. The fourth-order valence-corrected chi connectivity index (χ4v) is 7.84. The zero-order chi connectivity index (χ0) is 33.4. The SMILES string of the molecule is CC1(C)c2ccccc2-c2c(-c3nc(-c4ccccc4)nc(-c4ccc(-c5ccc6c(c5)-c5cccc7cccc(c57)O6)cc4)n3)cccc21. The van der Waals surface area contributed by atoms with Gasteiger partial charge in [0.2, 0.25) is 0 Å². The second-order valence-electron chi connectivity index (χ2n) is 13.6. The molecule has 0 bridgehead atoms. The van der Waals surface area contributed by atoms with Crippen molar-refractivity contribution in [2.24, 2.45) is 0 Å². The molecule has 50 heavy (non-hydrogen) atoms. The first-order chi connectivity index (χ1) is 24.5. The molecule has 0 fully saturated rings. The lowest BCUT2D eigenvalue weighted by Crippen LogP contribution is -2.14. The minimum Gasteiger partial charge on any atom is -0.456 e. The van der Waals surface area contributed by atoms with Gasteiger partial charge < -0.3 is 4.74 Å². The quantitative estimate of drug-likeness (QED) is 0.192. The van der Waals surface area contributed by atoms with Gasteiger partial charge in [0.05, 0.1) is 0 Å². The fourth-order valence-electron chi connectivity index (χ4n) is 7.84. The molecule has 2 aliphatic rings. The maximum Gasteiger partial charge on any atom is 0.164 e. The maximum absolute atomic E-state index is 6.35. The number of benzene rings is 7. The highest BCUT2D eigenvalue weighted by molar-refractivity contribution is 6.04. The van der Waals surface area contributed by atoms with Crippen molar-refractivity contribution in [1.82, 2.24) is 15.0 Å². The number of ether oxygens (including phenoxy) is 1. The Bertz CT molecular complexity index is 2640. The third-order valence-electron chi connectivity index (χ3n) is 10.3. The van der Waals surface area contributed by atoms with Gasteiger partial charge in [-0.25, -0.2) is 15.0 Å². The van der Waals surface area contributed by atoms with Gasteiger partial charge in [0.15, 0.2) is 17.5 Å². The number of rotatable bonds is 4. The summed E-state index contributed by atoms with van der Waals surface area (Å²) in [7, 11) is 0. The number of hydrogen-bond donors (Lipinski definition) is 0. The summed E-state index contributed by atoms with van der Waals surface area (Å²) in [4.78, 5) is 15.3. The van der Waals surface area contributed by atoms with Crippen LogP contribution in [0.3, 0.4) is 0 Å². The summed E-state index contributed by atoms with van der Waals surface area (Å²) in [5.74, 6) is 3.75. The first-order valence-electron chi connectivity index (χ1n) is 17.0. The molecule has 1 aliphatic heterocycles. The molecule has 4 nitrogen and oxygen atoms in total. The maximum atomic E-state index is 6.35. The van der Waals surface area contributed by atoms with Crippen LogP contribution in [0.15, 0.2) is 152 Å². The highest BCUT2D eigenvalue weighted by Crippen LogP contribution is 2.52. The largest absolute Gasteiger partial charge is 0.456 e. The summed E-state index contributed by atoms with van der Waals surface area (Å²) >= 11 is 0. The summed E-state index contributed by atoms with van der Waals surface area (Å²) < 4.78 is 6.35. The Kier molecular flexibility index (Phi) is 6.19. The minimum absolute atomic E-state index is 0.116. The van der Waals surface area contributed by atoms with Crippen molar-refractivity contribution in [3.05, 3.63) is 163 Å². The van der Waals surface area contributed by atoms with E-state index in [0.29, 0.717) is 17.5 Å². The van der Waals surface area contributed by atoms with E-state index in [9.17, 15) is 0 Å². The predicted molar refractivity (Wildman–Crippen MR) is 202 cm³/mol. The summed E-state index contributed by atoms with van der Waals surface area (Å²) in [5, 5.41) is 2.34. The highest BCUT2D eigenvalue weighted by atomic mass is 16.5. The van der Waals surface area contributed by atoms with Gasteiger partial charge in [-0.1, -0.05) is 147 Å². The van der Waals surface area contributed by atoms with Crippen molar-refractivity contribution in [3.8, 4) is 79.0 Å². The van der Waals surface area contributed by atoms with Gasteiger partial charge in [-0.05, 0) is 62.5 Å². The average molecular weight is 642 g/mol. The number of nitrogens with zero attached hydrogens (tertiary/aromatic N) is 3. The van der Waals surface area contributed by atoms with Gasteiger partial charge in [-0.15, -0.1) is 0 Å². The Hall–Kier alpha value is -6.39. The van der Waals surface area contributed by atoms with E-state index < -0.39 is 0 Å². The topological polar surface area (TPSA) is 47.9 Å². The third kappa shape index (κ3) is 4.35. The van der Waals surface area contributed by atoms with Crippen LogP contribution < -0.4 is 4.74 Å². The van der Waals surface area contributed by atoms with Gasteiger partial charge in [-0.2, -0.15) is 0 Å². The molecule has 8 aromatic rings. The number of aromatic nitrogens is 3. The van der Waals surface area contributed by atoms with Crippen molar-refractivity contribution in [1.29, 1.82) is 0 Å². The van der Waals surface area contributed by atoms with Crippen LogP contribution in [-0.2, 0) is 5.41 Å². The monoisotopic (exact) mass is 641 g/mol. The van der Waals surface area contributed by atoms with Crippen LogP contribution in [0, 0.1) is 0 Å². The molecule has 10 rings (SSSR count).